The number of nitrogens with two attached hydrogens (primary N) is 1. The maximum Gasteiger partial charge on any atom is 0.358 e. The van der Waals surface area contributed by atoms with Crippen molar-refractivity contribution < 1.29 is 19.1 Å². The first-order valence-electron chi connectivity index (χ1n) is 5.47. The lowest BCUT2D eigenvalue weighted by molar-refractivity contribution is -0.151. The van der Waals surface area contributed by atoms with Crippen molar-refractivity contribution in [1.29, 1.82) is 0 Å². The normalized spacial score (nSPS) is 26.1. The van der Waals surface area contributed by atoms with Gasteiger partial charge in [-0.1, -0.05) is 34.8 Å². The van der Waals surface area contributed by atoms with E-state index in [-0.39, 0.29) is 17.0 Å². The second-order valence-corrected chi connectivity index (χ2v) is 7.72. The number of methoxy groups -OCH3 is 1. The highest BCUT2D eigenvalue weighted by Gasteiger charge is 2.52. The van der Waals surface area contributed by atoms with E-state index in [0.29, 0.717) is 11.5 Å². The van der Waals surface area contributed by atoms with Gasteiger partial charge in [0.05, 0.1) is 12.9 Å². The first kappa shape index (κ1) is 16.0. The number of hydrogen-bond acceptors (Lipinski definition) is 6. The van der Waals surface area contributed by atoms with Gasteiger partial charge >= 0.3 is 5.97 Å². The third-order valence-corrected chi connectivity index (χ3v) is 4.38. The van der Waals surface area contributed by atoms with Gasteiger partial charge in [0.15, 0.2) is 5.70 Å². The highest BCUT2D eigenvalue weighted by atomic mass is 35.6. The van der Waals surface area contributed by atoms with E-state index in [1.165, 1.54) is 23.8 Å². The zero-order chi connectivity index (χ0) is 15.1. The summed E-state index contributed by atoms with van der Waals surface area (Å²) >= 11 is 18.0. The van der Waals surface area contributed by atoms with E-state index >= 15 is 0 Å². The summed E-state index contributed by atoms with van der Waals surface area (Å²) in [5.74, 6) is -0.395. The van der Waals surface area contributed by atoms with Gasteiger partial charge in [0.1, 0.15) is 23.8 Å². The van der Waals surface area contributed by atoms with E-state index in [9.17, 15) is 9.59 Å². The molecule has 2 aliphatic heterocycles. The molecule has 0 spiro atoms. The van der Waals surface area contributed by atoms with Gasteiger partial charge in [0.25, 0.3) is 0 Å². The van der Waals surface area contributed by atoms with Gasteiger partial charge < -0.3 is 15.2 Å². The molecule has 2 heterocycles. The third-order valence-electron chi connectivity index (χ3n) is 2.78. The molecule has 0 radical (unpaired) electrons. The Balaban J connectivity index is 2.19. The Morgan fingerprint density at radius 3 is 2.75 bits per heavy atom. The number of esters is 1. The minimum Gasteiger partial charge on any atom is -0.498 e. The Hall–Kier alpha value is -0.340. The minimum absolute atomic E-state index is 0.0252. The number of amides is 1. The molecule has 1 fully saturated rings. The fourth-order valence-electron chi connectivity index (χ4n) is 1.85. The fraction of sp³-hybridized carbons (Fsp3) is 0.600. The van der Waals surface area contributed by atoms with Crippen LogP contribution in [0.1, 0.15) is 0 Å². The Kier molecular flexibility index (Phi) is 4.66. The molecule has 2 rings (SSSR count). The van der Waals surface area contributed by atoms with Crippen molar-refractivity contribution in [3.63, 3.8) is 0 Å². The van der Waals surface area contributed by atoms with Crippen LogP contribution in [0.4, 0.5) is 0 Å². The lowest BCUT2D eigenvalue weighted by Gasteiger charge is -2.47. The van der Waals surface area contributed by atoms with Crippen LogP contribution in [0.5, 0.6) is 0 Å². The zero-order valence-corrected chi connectivity index (χ0v) is 13.4. The molecule has 0 saturated carbocycles. The first-order chi connectivity index (χ1) is 9.26. The highest BCUT2D eigenvalue weighted by molar-refractivity contribution is 8.00. The number of rotatable bonds is 3. The van der Waals surface area contributed by atoms with Crippen molar-refractivity contribution in [2.45, 2.75) is 15.2 Å². The molecule has 2 N–H and O–H groups in total. The fourth-order valence-corrected chi connectivity index (χ4v) is 3.27. The van der Waals surface area contributed by atoms with Crippen LogP contribution in [0.25, 0.3) is 0 Å². The van der Waals surface area contributed by atoms with Gasteiger partial charge in [0, 0.05) is 0 Å². The molecular formula is C10H11Cl3N2O4S. The second-order valence-electron chi connectivity index (χ2n) is 4.10. The van der Waals surface area contributed by atoms with Crippen molar-refractivity contribution in [1.82, 2.24) is 4.90 Å². The lowest BCUT2D eigenvalue weighted by atomic mass is 10.1. The van der Waals surface area contributed by atoms with Gasteiger partial charge in [-0.15, -0.1) is 11.8 Å². The predicted octanol–water partition coefficient (Wildman–Crippen LogP) is 1.00. The van der Waals surface area contributed by atoms with Crippen LogP contribution >= 0.6 is 46.6 Å². The molecule has 112 valence electrons. The molecule has 1 amide bonds. The quantitative estimate of drug-likeness (QED) is 0.459. The molecule has 6 nitrogen and oxygen atoms in total. The van der Waals surface area contributed by atoms with Crippen molar-refractivity contribution in [3.05, 3.63) is 11.5 Å². The molecule has 10 heteroatoms. The molecule has 0 aromatic carbocycles. The molecule has 1 unspecified atom stereocenters. The summed E-state index contributed by atoms with van der Waals surface area (Å²) in [5, 5.41) is -0.295. The van der Waals surface area contributed by atoms with E-state index in [4.69, 9.17) is 50.0 Å². The number of fused-ring (bicyclic) bond motifs is 1. The zero-order valence-electron chi connectivity index (χ0n) is 10.3. The van der Waals surface area contributed by atoms with E-state index in [0.717, 1.165) is 0 Å². The molecule has 0 aliphatic carbocycles. The minimum atomic E-state index is -1.72. The van der Waals surface area contributed by atoms with Gasteiger partial charge in [-0.3, -0.25) is 9.69 Å². The van der Waals surface area contributed by atoms with Crippen molar-refractivity contribution >= 4 is 58.4 Å². The number of alkyl halides is 3. The van der Waals surface area contributed by atoms with E-state index < -0.39 is 22.4 Å². The summed E-state index contributed by atoms with van der Waals surface area (Å²) < 4.78 is 8.29. The largest absolute Gasteiger partial charge is 0.498 e. The van der Waals surface area contributed by atoms with Crippen LogP contribution in [0.15, 0.2) is 11.5 Å². The maximum absolute atomic E-state index is 12.1. The molecule has 20 heavy (non-hydrogen) atoms. The molecule has 0 bridgehead atoms. The van der Waals surface area contributed by atoms with E-state index in [2.05, 4.69) is 0 Å². The monoisotopic (exact) mass is 360 g/mol. The number of thioether (sulfide) groups is 1. The number of β-lactam (4-membered cyclic amide) rings is 1. The number of ether oxygens (including phenoxy) is 2. The number of carbonyl (C=O) groups is 2. The Morgan fingerprint density at radius 1 is 1.55 bits per heavy atom. The van der Waals surface area contributed by atoms with Crippen molar-refractivity contribution in [3.8, 4) is 0 Å². The topological polar surface area (TPSA) is 81.9 Å². The first-order valence-corrected chi connectivity index (χ1v) is 7.66. The molecule has 0 aromatic rings. The summed E-state index contributed by atoms with van der Waals surface area (Å²) in [6, 6.07) is -0.630. The van der Waals surface area contributed by atoms with Gasteiger partial charge in [-0.25, -0.2) is 4.79 Å². The highest BCUT2D eigenvalue weighted by Crippen LogP contribution is 2.40. The van der Waals surface area contributed by atoms with Gasteiger partial charge in [-0.2, -0.15) is 0 Å². The van der Waals surface area contributed by atoms with Crippen molar-refractivity contribution in [2.75, 3.05) is 19.5 Å². The van der Waals surface area contributed by atoms with Crippen LogP contribution in [0.2, 0.25) is 0 Å². The maximum atomic E-state index is 12.1. The van der Waals surface area contributed by atoms with Crippen molar-refractivity contribution in [2.24, 2.45) is 5.73 Å². The number of nitrogens with zero attached hydrogens (tertiary/aromatic N) is 1. The number of carbonyl (C=O) groups excluding carboxylic acids is 2. The van der Waals surface area contributed by atoms with Crippen LogP contribution in [0.3, 0.4) is 0 Å². The van der Waals surface area contributed by atoms with Crippen LogP contribution in [-0.2, 0) is 19.1 Å². The van der Waals surface area contributed by atoms with Gasteiger partial charge in [0.2, 0.25) is 9.70 Å². The third kappa shape index (κ3) is 2.96. The Morgan fingerprint density at radius 2 is 2.20 bits per heavy atom. The number of halogens is 3. The average molecular weight is 362 g/mol. The molecule has 2 atom stereocenters. The molecule has 2 aliphatic rings. The summed E-state index contributed by atoms with van der Waals surface area (Å²) in [6.07, 6.45) is 0. The lowest BCUT2D eigenvalue weighted by Crippen LogP contribution is -2.68. The summed E-state index contributed by atoms with van der Waals surface area (Å²) in [5.41, 5.74) is 5.70. The smallest absolute Gasteiger partial charge is 0.358 e. The van der Waals surface area contributed by atoms with Crippen LogP contribution < -0.4 is 5.73 Å². The van der Waals surface area contributed by atoms with E-state index in [1.807, 2.05) is 0 Å². The molecule has 0 aromatic heterocycles. The van der Waals surface area contributed by atoms with Crippen LogP contribution in [-0.4, -0.2) is 51.5 Å². The Bertz CT molecular complexity index is 480. The summed E-state index contributed by atoms with van der Waals surface area (Å²) in [7, 11) is 1.41. The standard InChI is InChI=1S/C10H11Cl3N2O4S/c1-18-4-2-20-8-5(14)7(16)15(8)6(4)9(17)19-3-10(11,12)13/h5,8H,2-3,14H2,1H3/t5?,8-/m1/s1. The van der Waals surface area contributed by atoms with E-state index in [1.54, 1.807) is 0 Å². The molecular weight excluding hydrogens is 351 g/mol. The van der Waals surface area contributed by atoms with Crippen LogP contribution in [0, 0.1) is 0 Å². The van der Waals surface area contributed by atoms with Gasteiger partial charge in [-0.05, 0) is 0 Å². The Labute approximate surface area is 134 Å². The molecule has 1 saturated heterocycles. The number of hydrogen-bond donors (Lipinski definition) is 1. The summed E-state index contributed by atoms with van der Waals surface area (Å²) in [6.45, 7) is -0.428. The summed E-state index contributed by atoms with van der Waals surface area (Å²) in [4.78, 5) is 25.1. The average Bonchev–Trinajstić information content (AvgIpc) is 2.41. The second kappa shape index (κ2) is 5.81. The predicted molar refractivity (Wildman–Crippen MR) is 76.4 cm³/mol. The SMILES string of the molecule is COC1=C(C(=O)OCC(Cl)(Cl)Cl)N2C(=O)C(N)[C@H]2SC1.